The zero-order chi connectivity index (χ0) is 15.9. The van der Waals surface area contributed by atoms with E-state index in [1.807, 2.05) is 0 Å². The second kappa shape index (κ2) is 8.27. The number of carbonyl (C=O) groups is 3. The lowest BCUT2D eigenvalue weighted by Crippen LogP contribution is -2.55. The summed E-state index contributed by atoms with van der Waals surface area (Å²) in [5.41, 5.74) is 0. The van der Waals surface area contributed by atoms with E-state index < -0.39 is 0 Å². The fourth-order valence-corrected chi connectivity index (χ4v) is 3.52. The quantitative estimate of drug-likeness (QED) is 0.737. The lowest BCUT2D eigenvalue weighted by atomic mass is 9.82. The molecule has 22 heavy (non-hydrogen) atoms. The van der Waals surface area contributed by atoms with E-state index in [1.54, 1.807) is 0 Å². The first kappa shape index (κ1) is 16.9. The molecule has 0 unspecified atom stereocenters. The highest BCUT2D eigenvalue weighted by atomic mass is 16.5. The van der Waals surface area contributed by atoms with Gasteiger partial charge in [0.15, 0.2) is 0 Å². The van der Waals surface area contributed by atoms with Crippen LogP contribution in [0.4, 0.5) is 0 Å². The summed E-state index contributed by atoms with van der Waals surface area (Å²) in [6.45, 7) is 2.56. The Labute approximate surface area is 131 Å². The number of nitrogens with zero attached hydrogens (tertiary/aromatic N) is 1. The standard InChI is InChI=1S/C16H26N2O4/c1-22-15(21)8-2-7-14(20)17-11-12-5-3-9-18-10-4-6-13(19)16(12)18/h12,16H,2-11H2,1H3,(H,17,20)/t12-,16+/m1/s1. The van der Waals surface area contributed by atoms with Crippen LogP contribution in [-0.2, 0) is 19.1 Å². The summed E-state index contributed by atoms with van der Waals surface area (Å²) < 4.78 is 4.54. The Balaban J connectivity index is 1.74. The minimum Gasteiger partial charge on any atom is -0.469 e. The summed E-state index contributed by atoms with van der Waals surface area (Å²) in [6.07, 6.45) is 4.80. The van der Waals surface area contributed by atoms with E-state index in [9.17, 15) is 14.4 Å². The van der Waals surface area contributed by atoms with Crippen LogP contribution in [0.3, 0.4) is 0 Å². The van der Waals surface area contributed by atoms with E-state index in [4.69, 9.17) is 0 Å². The Morgan fingerprint density at radius 1 is 1.27 bits per heavy atom. The maximum absolute atomic E-state index is 12.2. The molecule has 1 amide bonds. The smallest absolute Gasteiger partial charge is 0.305 e. The van der Waals surface area contributed by atoms with Crippen molar-refractivity contribution in [3.63, 3.8) is 0 Å². The molecular weight excluding hydrogens is 284 g/mol. The van der Waals surface area contributed by atoms with Crippen molar-refractivity contribution in [1.82, 2.24) is 10.2 Å². The number of fused-ring (bicyclic) bond motifs is 1. The number of ketones is 1. The molecule has 6 nitrogen and oxygen atoms in total. The molecule has 0 bridgehead atoms. The van der Waals surface area contributed by atoms with Gasteiger partial charge in [0.05, 0.1) is 13.2 Å². The Bertz CT molecular complexity index is 422. The molecule has 0 aromatic carbocycles. The molecule has 0 spiro atoms. The summed E-state index contributed by atoms with van der Waals surface area (Å²) in [5, 5.41) is 2.93. The highest BCUT2D eigenvalue weighted by molar-refractivity contribution is 5.85. The SMILES string of the molecule is COC(=O)CCCC(=O)NC[C@H]1CCCN2CCCC(=O)[C@H]12. The number of amides is 1. The van der Waals surface area contributed by atoms with Gasteiger partial charge >= 0.3 is 5.97 Å². The molecule has 2 atom stereocenters. The number of Topliss-reactive ketones (excluding diaryl/α,β-unsaturated/α-hetero) is 1. The largest absolute Gasteiger partial charge is 0.469 e. The monoisotopic (exact) mass is 310 g/mol. The minimum absolute atomic E-state index is 0.00197. The van der Waals surface area contributed by atoms with Crippen LogP contribution in [0.1, 0.15) is 44.9 Å². The molecule has 0 aromatic heterocycles. The summed E-state index contributed by atoms with van der Waals surface area (Å²) in [4.78, 5) is 37.3. The van der Waals surface area contributed by atoms with Crippen molar-refractivity contribution in [2.24, 2.45) is 5.92 Å². The van der Waals surface area contributed by atoms with E-state index >= 15 is 0 Å². The Morgan fingerprint density at radius 2 is 2.05 bits per heavy atom. The van der Waals surface area contributed by atoms with Gasteiger partial charge in [-0.05, 0) is 44.7 Å². The van der Waals surface area contributed by atoms with Crippen molar-refractivity contribution in [1.29, 1.82) is 0 Å². The first-order chi connectivity index (χ1) is 10.6. The number of piperidine rings is 2. The molecule has 0 radical (unpaired) electrons. The molecule has 2 heterocycles. The molecule has 6 heteroatoms. The number of nitrogens with one attached hydrogen (secondary N) is 1. The van der Waals surface area contributed by atoms with Crippen LogP contribution >= 0.6 is 0 Å². The number of rotatable bonds is 6. The zero-order valence-corrected chi connectivity index (χ0v) is 13.3. The molecule has 2 fully saturated rings. The third-order valence-corrected chi connectivity index (χ3v) is 4.63. The highest BCUT2D eigenvalue weighted by Gasteiger charge is 2.38. The van der Waals surface area contributed by atoms with Gasteiger partial charge in [0.25, 0.3) is 0 Å². The van der Waals surface area contributed by atoms with Crippen molar-refractivity contribution < 1.29 is 19.1 Å². The molecule has 0 aromatic rings. The van der Waals surface area contributed by atoms with Crippen LogP contribution in [0.25, 0.3) is 0 Å². The van der Waals surface area contributed by atoms with Crippen LogP contribution in [0.2, 0.25) is 0 Å². The number of ether oxygens (including phenoxy) is 1. The summed E-state index contributed by atoms with van der Waals surface area (Å²) in [7, 11) is 1.35. The third kappa shape index (κ3) is 4.53. The Morgan fingerprint density at radius 3 is 2.82 bits per heavy atom. The van der Waals surface area contributed by atoms with E-state index in [0.717, 1.165) is 32.4 Å². The topological polar surface area (TPSA) is 75.7 Å². The van der Waals surface area contributed by atoms with Gasteiger partial charge in [-0.1, -0.05) is 0 Å². The number of esters is 1. The molecule has 2 aliphatic heterocycles. The van der Waals surface area contributed by atoms with Crippen LogP contribution < -0.4 is 5.32 Å². The molecule has 2 aliphatic rings. The number of hydrogen-bond acceptors (Lipinski definition) is 5. The molecular formula is C16H26N2O4. The van der Waals surface area contributed by atoms with Gasteiger partial charge in [0, 0.05) is 25.8 Å². The lowest BCUT2D eigenvalue weighted by Gasteiger charge is -2.43. The fraction of sp³-hybridized carbons (Fsp3) is 0.812. The van der Waals surface area contributed by atoms with Gasteiger partial charge < -0.3 is 10.1 Å². The van der Waals surface area contributed by atoms with Crippen molar-refractivity contribution in [3.05, 3.63) is 0 Å². The van der Waals surface area contributed by atoms with Crippen molar-refractivity contribution >= 4 is 17.7 Å². The summed E-state index contributed by atoms with van der Waals surface area (Å²) in [5.74, 6) is 0.217. The fourth-order valence-electron chi connectivity index (χ4n) is 3.52. The van der Waals surface area contributed by atoms with E-state index in [1.165, 1.54) is 7.11 Å². The number of hydrogen-bond donors (Lipinski definition) is 1. The van der Waals surface area contributed by atoms with Crippen molar-refractivity contribution in [2.45, 2.75) is 51.0 Å². The maximum Gasteiger partial charge on any atom is 0.305 e. The van der Waals surface area contributed by atoms with Gasteiger partial charge in [0.2, 0.25) is 5.91 Å². The van der Waals surface area contributed by atoms with Crippen LogP contribution in [0.15, 0.2) is 0 Å². The maximum atomic E-state index is 12.2. The van der Waals surface area contributed by atoms with Gasteiger partial charge in [-0.2, -0.15) is 0 Å². The van der Waals surface area contributed by atoms with E-state index in [2.05, 4.69) is 15.0 Å². The predicted molar refractivity (Wildman–Crippen MR) is 81.2 cm³/mol. The summed E-state index contributed by atoms with van der Waals surface area (Å²) >= 11 is 0. The third-order valence-electron chi connectivity index (χ3n) is 4.63. The lowest BCUT2D eigenvalue weighted by molar-refractivity contribution is -0.140. The first-order valence-corrected chi connectivity index (χ1v) is 8.22. The normalized spacial score (nSPS) is 25.4. The Kier molecular flexibility index (Phi) is 6.36. The van der Waals surface area contributed by atoms with Crippen LogP contribution in [0.5, 0.6) is 0 Å². The van der Waals surface area contributed by atoms with Gasteiger partial charge in [-0.15, -0.1) is 0 Å². The average molecular weight is 310 g/mol. The van der Waals surface area contributed by atoms with Crippen molar-refractivity contribution in [2.75, 3.05) is 26.7 Å². The van der Waals surface area contributed by atoms with Gasteiger partial charge in [-0.3, -0.25) is 19.3 Å². The van der Waals surface area contributed by atoms with E-state index in [0.29, 0.717) is 31.6 Å². The molecule has 2 rings (SSSR count). The zero-order valence-electron chi connectivity index (χ0n) is 13.3. The molecule has 0 aliphatic carbocycles. The second-order valence-corrected chi connectivity index (χ2v) is 6.19. The molecule has 0 saturated carbocycles. The average Bonchev–Trinajstić information content (AvgIpc) is 2.52. The number of methoxy groups -OCH3 is 1. The van der Waals surface area contributed by atoms with Crippen LogP contribution in [-0.4, -0.2) is 55.3 Å². The second-order valence-electron chi connectivity index (χ2n) is 6.19. The van der Waals surface area contributed by atoms with Crippen molar-refractivity contribution in [3.8, 4) is 0 Å². The highest BCUT2D eigenvalue weighted by Crippen LogP contribution is 2.28. The Hall–Kier alpha value is -1.43. The molecule has 124 valence electrons. The molecule has 1 N–H and O–H groups in total. The number of carbonyl (C=O) groups excluding carboxylic acids is 3. The summed E-state index contributed by atoms with van der Waals surface area (Å²) in [6, 6.07) is -0.00197. The molecule has 2 saturated heterocycles. The van der Waals surface area contributed by atoms with E-state index in [-0.39, 0.29) is 30.3 Å². The first-order valence-electron chi connectivity index (χ1n) is 8.22. The minimum atomic E-state index is -0.288. The van der Waals surface area contributed by atoms with Gasteiger partial charge in [0.1, 0.15) is 5.78 Å². The van der Waals surface area contributed by atoms with Crippen LogP contribution in [0, 0.1) is 5.92 Å². The van der Waals surface area contributed by atoms with Gasteiger partial charge in [-0.25, -0.2) is 0 Å². The predicted octanol–water partition coefficient (Wildman–Crippen LogP) is 0.889.